The maximum Gasteiger partial charge on any atom is 0.299 e. The maximum absolute atomic E-state index is 14.8. The first-order valence-electron chi connectivity index (χ1n) is 13.1. The number of piperidine rings is 1. The van der Waals surface area contributed by atoms with E-state index in [-0.39, 0.29) is 25.4 Å². The molecule has 1 fully saturated rings. The van der Waals surface area contributed by atoms with Crippen molar-refractivity contribution >= 4 is 41.2 Å². The zero-order valence-electron chi connectivity index (χ0n) is 22.9. The molecule has 1 saturated heterocycles. The number of hydrogen-bond acceptors (Lipinski definition) is 7. The van der Waals surface area contributed by atoms with E-state index in [0.29, 0.717) is 63.5 Å². The SMILES string of the molecule is COc1nc(P(C)(C)=O)ccc1NCC#Cc1cc2c(N[C@@H]3CCN(C)C[C@@H]3F)ccc3n2c1SC(F)(F)CC3. The van der Waals surface area contributed by atoms with Crippen LogP contribution < -0.4 is 20.8 Å². The summed E-state index contributed by atoms with van der Waals surface area (Å²) in [6.45, 7) is 4.62. The Labute approximate surface area is 236 Å². The van der Waals surface area contributed by atoms with Gasteiger partial charge in [0, 0.05) is 25.2 Å². The summed E-state index contributed by atoms with van der Waals surface area (Å²) >= 11 is 0.522. The summed E-state index contributed by atoms with van der Waals surface area (Å²) in [5.74, 6) is 6.40. The van der Waals surface area contributed by atoms with Crippen molar-refractivity contribution in [3.8, 4) is 17.7 Å². The monoisotopic (exact) mass is 591 g/mol. The van der Waals surface area contributed by atoms with Crippen molar-refractivity contribution < 1.29 is 22.5 Å². The van der Waals surface area contributed by atoms with Crippen molar-refractivity contribution in [1.82, 2.24) is 14.3 Å². The number of thioether (sulfide) groups is 1. The van der Waals surface area contributed by atoms with Crippen LogP contribution in [0.5, 0.6) is 5.88 Å². The van der Waals surface area contributed by atoms with E-state index in [2.05, 4.69) is 27.5 Å². The van der Waals surface area contributed by atoms with Gasteiger partial charge in [0.15, 0.2) is 0 Å². The molecule has 0 radical (unpaired) electrons. The first-order chi connectivity index (χ1) is 18.9. The second-order valence-corrected chi connectivity index (χ2v) is 15.0. The second kappa shape index (κ2) is 11.2. The molecular weight excluding hydrogens is 558 g/mol. The third-order valence-corrected chi connectivity index (χ3v) is 9.60. The number of pyridine rings is 2. The van der Waals surface area contributed by atoms with E-state index < -0.39 is 18.6 Å². The molecule has 214 valence electrons. The van der Waals surface area contributed by atoms with Crippen molar-refractivity contribution in [2.75, 3.05) is 57.8 Å². The van der Waals surface area contributed by atoms with E-state index in [1.807, 2.05) is 34.5 Å². The number of nitrogens with one attached hydrogen (secondary N) is 2. The van der Waals surface area contributed by atoms with Gasteiger partial charge in [0.05, 0.1) is 42.2 Å². The molecule has 5 heterocycles. The normalized spacial score (nSPS) is 20.9. The minimum Gasteiger partial charge on any atom is -0.480 e. The first kappa shape index (κ1) is 28.7. The number of likely N-dealkylation sites (tertiary alicyclic amines) is 1. The van der Waals surface area contributed by atoms with Gasteiger partial charge in [-0.1, -0.05) is 11.8 Å². The Kier molecular flexibility index (Phi) is 8.06. The zero-order valence-corrected chi connectivity index (χ0v) is 24.6. The van der Waals surface area contributed by atoms with Crippen LogP contribution in [-0.4, -0.2) is 78.9 Å². The molecule has 3 aromatic heterocycles. The van der Waals surface area contributed by atoms with E-state index in [4.69, 9.17) is 4.74 Å². The van der Waals surface area contributed by atoms with Crippen LogP contribution in [0.4, 0.5) is 24.5 Å². The fraction of sp³-hybridized carbons (Fsp3) is 0.464. The molecule has 0 aromatic carbocycles. The molecule has 2 atom stereocenters. The van der Waals surface area contributed by atoms with Gasteiger partial charge in [0.2, 0.25) is 5.88 Å². The standard InChI is InChI=1S/C28H33F3N5O2PS/c1-35-15-12-21(20(29)17-35)33-22-8-7-19-11-13-28(30,31)40-27-18(16-24(22)36(19)27)6-5-14-32-23-9-10-25(39(3,4)37)34-26(23)38-2/h7-10,16,20-21,32-33H,11-15,17H2,1-4H3/t20-,21+/m0/s1. The van der Waals surface area contributed by atoms with E-state index in [0.717, 1.165) is 12.2 Å². The van der Waals surface area contributed by atoms with Gasteiger partial charge in [-0.15, -0.1) is 0 Å². The van der Waals surface area contributed by atoms with Gasteiger partial charge in [-0.25, -0.2) is 9.37 Å². The van der Waals surface area contributed by atoms with E-state index in [9.17, 15) is 17.7 Å². The molecule has 2 N–H and O–H groups in total. The third-order valence-electron chi connectivity index (χ3n) is 7.15. The Morgan fingerprint density at radius 3 is 2.75 bits per heavy atom. The molecule has 5 rings (SSSR count). The van der Waals surface area contributed by atoms with Gasteiger partial charge in [-0.2, -0.15) is 8.78 Å². The number of nitrogens with zero attached hydrogens (tertiary/aromatic N) is 3. The number of aryl methyl sites for hydroxylation is 1. The Bertz CT molecular complexity index is 1530. The number of alkyl halides is 3. The fourth-order valence-electron chi connectivity index (χ4n) is 5.01. The summed E-state index contributed by atoms with van der Waals surface area (Å²) < 4.78 is 63.9. The molecule has 0 amide bonds. The van der Waals surface area contributed by atoms with Crippen LogP contribution in [0.3, 0.4) is 0 Å². The van der Waals surface area contributed by atoms with Crippen LogP contribution in [0.15, 0.2) is 35.4 Å². The summed E-state index contributed by atoms with van der Waals surface area (Å²) in [5.41, 5.74) is 3.73. The molecule has 12 heteroatoms. The van der Waals surface area contributed by atoms with Crippen LogP contribution in [0.25, 0.3) is 5.52 Å². The molecule has 0 saturated carbocycles. The van der Waals surface area contributed by atoms with Crippen LogP contribution in [-0.2, 0) is 11.0 Å². The average molecular weight is 592 g/mol. The lowest BCUT2D eigenvalue weighted by Crippen LogP contribution is -2.46. The van der Waals surface area contributed by atoms with Crippen molar-refractivity contribution in [3.63, 3.8) is 0 Å². The van der Waals surface area contributed by atoms with Crippen molar-refractivity contribution in [1.29, 1.82) is 0 Å². The van der Waals surface area contributed by atoms with Gasteiger partial charge in [0.25, 0.3) is 5.25 Å². The van der Waals surface area contributed by atoms with E-state index >= 15 is 0 Å². The minimum atomic E-state index is -2.94. The Balaban J connectivity index is 1.44. The number of anilines is 2. The van der Waals surface area contributed by atoms with Crippen molar-refractivity contribution in [2.45, 2.75) is 41.8 Å². The number of methoxy groups -OCH3 is 1. The summed E-state index contributed by atoms with van der Waals surface area (Å²) in [4.78, 5) is 6.31. The van der Waals surface area contributed by atoms with Crippen LogP contribution >= 0.6 is 18.9 Å². The molecule has 0 unspecified atom stereocenters. The lowest BCUT2D eigenvalue weighted by molar-refractivity contribution is 0.0966. The molecule has 40 heavy (non-hydrogen) atoms. The second-order valence-electron chi connectivity index (χ2n) is 10.6. The van der Waals surface area contributed by atoms with Gasteiger partial charge in [0.1, 0.15) is 23.8 Å². The molecule has 2 aliphatic rings. The van der Waals surface area contributed by atoms with Gasteiger partial charge in [-0.05, 0) is 75.3 Å². The number of aromatic nitrogens is 2. The molecular formula is C28H33F3N5O2PS. The molecule has 0 spiro atoms. The molecule has 0 bridgehead atoms. The predicted octanol–water partition coefficient (Wildman–Crippen LogP) is 5.14. The van der Waals surface area contributed by atoms with E-state index in [1.165, 1.54) is 7.11 Å². The quantitative estimate of drug-likeness (QED) is 0.304. The number of halogens is 3. The Hall–Kier alpha value is -2.80. The highest BCUT2D eigenvalue weighted by molar-refractivity contribution is 8.00. The van der Waals surface area contributed by atoms with E-state index in [1.54, 1.807) is 25.5 Å². The Morgan fingerprint density at radius 2 is 2.02 bits per heavy atom. The smallest absolute Gasteiger partial charge is 0.299 e. The average Bonchev–Trinajstić information content (AvgIpc) is 3.17. The molecule has 2 aliphatic heterocycles. The fourth-order valence-corrected chi connectivity index (χ4v) is 6.79. The van der Waals surface area contributed by atoms with Crippen LogP contribution in [0.2, 0.25) is 0 Å². The summed E-state index contributed by atoms with van der Waals surface area (Å²) in [6, 6.07) is 8.59. The largest absolute Gasteiger partial charge is 0.480 e. The highest BCUT2D eigenvalue weighted by Crippen LogP contribution is 2.45. The molecule has 7 nitrogen and oxygen atoms in total. The van der Waals surface area contributed by atoms with Gasteiger partial charge < -0.3 is 29.2 Å². The number of hydrogen-bond donors (Lipinski definition) is 2. The summed E-state index contributed by atoms with van der Waals surface area (Å²) in [7, 11) is 0.834. The summed E-state index contributed by atoms with van der Waals surface area (Å²) in [6.07, 6.45) is -0.437. The Morgan fingerprint density at radius 1 is 1.25 bits per heavy atom. The van der Waals surface area contributed by atoms with Crippen molar-refractivity contribution in [2.24, 2.45) is 0 Å². The van der Waals surface area contributed by atoms with Gasteiger partial charge >= 0.3 is 0 Å². The maximum atomic E-state index is 14.8. The minimum absolute atomic E-state index is 0.205. The highest BCUT2D eigenvalue weighted by atomic mass is 32.2. The highest BCUT2D eigenvalue weighted by Gasteiger charge is 2.36. The predicted molar refractivity (Wildman–Crippen MR) is 156 cm³/mol. The number of ether oxygens (including phenoxy) is 1. The summed E-state index contributed by atoms with van der Waals surface area (Å²) in [5, 5.41) is 3.93. The topological polar surface area (TPSA) is 70.9 Å². The van der Waals surface area contributed by atoms with Crippen molar-refractivity contribution in [3.05, 3.63) is 41.6 Å². The zero-order chi connectivity index (χ0) is 28.7. The number of rotatable bonds is 6. The third kappa shape index (κ3) is 6.09. The van der Waals surface area contributed by atoms with Gasteiger partial charge in [-0.3, -0.25) is 0 Å². The van der Waals surface area contributed by atoms with Crippen LogP contribution in [0, 0.1) is 11.8 Å². The molecule has 0 aliphatic carbocycles. The van der Waals surface area contributed by atoms with Crippen LogP contribution in [0.1, 0.15) is 24.1 Å². The molecule has 3 aromatic rings. The lowest BCUT2D eigenvalue weighted by atomic mass is 10.0. The lowest BCUT2D eigenvalue weighted by Gasteiger charge is -2.33. The first-order valence-corrected chi connectivity index (χ1v) is 16.5.